The SMILES string of the molecule is Cc1c(Cl)cc(NC(=O)Oc2ccccc2)cc1CN1CCN(C)CC1. The van der Waals surface area contributed by atoms with Crippen LogP contribution in [0.15, 0.2) is 42.5 Å². The van der Waals surface area contributed by atoms with Crippen LogP contribution in [0.5, 0.6) is 5.75 Å². The molecule has 5 nitrogen and oxygen atoms in total. The van der Waals surface area contributed by atoms with Gasteiger partial charge < -0.3 is 9.64 Å². The van der Waals surface area contributed by atoms with Crippen LogP contribution in [0, 0.1) is 6.92 Å². The molecule has 0 bridgehead atoms. The van der Waals surface area contributed by atoms with E-state index in [1.807, 2.05) is 31.2 Å². The first-order chi connectivity index (χ1) is 12.5. The molecule has 2 aromatic rings. The number of hydrogen-bond acceptors (Lipinski definition) is 4. The Balaban J connectivity index is 1.68. The van der Waals surface area contributed by atoms with Crippen LogP contribution >= 0.6 is 11.6 Å². The maximum absolute atomic E-state index is 12.1. The maximum Gasteiger partial charge on any atom is 0.417 e. The zero-order chi connectivity index (χ0) is 18.5. The number of piperazine rings is 1. The number of amides is 1. The van der Waals surface area contributed by atoms with Gasteiger partial charge in [0.1, 0.15) is 5.75 Å². The van der Waals surface area contributed by atoms with Gasteiger partial charge in [0.25, 0.3) is 0 Å². The van der Waals surface area contributed by atoms with Crippen molar-refractivity contribution in [3.63, 3.8) is 0 Å². The molecule has 0 aromatic heterocycles. The van der Waals surface area contributed by atoms with Crippen LogP contribution in [-0.2, 0) is 6.54 Å². The van der Waals surface area contributed by atoms with Crippen molar-refractivity contribution in [2.45, 2.75) is 13.5 Å². The number of halogens is 1. The molecule has 0 saturated carbocycles. The van der Waals surface area contributed by atoms with Crippen molar-refractivity contribution < 1.29 is 9.53 Å². The van der Waals surface area contributed by atoms with Crippen molar-refractivity contribution in [3.05, 3.63) is 58.6 Å². The van der Waals surface area contributed by atoms with E-state index in [1.54, 1.807) is 18.2 Å². The van der Waals surface area contributed by atoms with Gasteiger partial charge in [-0.3, -0.25) is 10.2 Å². The van der Waals surface area contributed by atoms with E-state index in [2.05, 4.69) is 22.2 Å². The van der Waals surface area contributed by atoms with Crippen molar-refractivity contribution in [2.75, 3.05) is 38.5 Å². The van der Waals surface area contributed by atoms with E-state index in [0.29, 0.717) is 16.5 Å². The minimum atomic E-state index is -0.526. The first-order valence-electron chi connectivity index (χ1n) is 8.75. The van der Waals surface area contributed by atoms with Crippen molar-refractivity contribution in [3.8, 4) is 5.75 Å². The highest BCUT2D eigenvalue weighted by molar-refractivity contribution is 6.31. The lowest BCUT2D eigenvalue weighted by molar-refractivity contribution is 0.148. The van der Waals surface area contributed by atoms with Crippen LogP contribution in [0.25, 0.3) is 0 Å². The summed E-state index contributed by atoms with van der Waals surface area (Å²) in [5.74, 6) is 0.501. The van der Waals surface area contributed by atoms with Crippen LogP contribution in [0.2, 0.25) is 5.02 Å². The van der Waals surface area contributed by atoms with Crippen molar-refractivity contribution in [2.24, 2.45) is 0 Å². The fourth-order valence-electron chi connectivity index (χ4n) is 2.96. The van der Waals surface area contributed by atoms with Gasteiger partial charge in [-0.1, -0.05) is 29.8 Å². The topological polar surface area (TPSA) is 44.8 Å². The van der Waals surface area contributed by atoms with Crippen LogP contribution in [-0.4, -0.2) is 49.1 Å². The molecule has 1 N–H and O–H groups in total. The highest BCUT2D eigenvalue weighted by Gasteiger charge is 2.16. The van der Waals surface area contributed by atoms with E-state index < -0.39 is 6.09 Å². The van der Waals surface area contributed by atoms with Gasteiger partial charge in [0.05, 0.1) is 0 Å². The molecule has 1 amide bonds. The molecule has 6 heteroatoms. The van der Waals surface area contributed by atoms with E-state index >= 15 is 0 Å². The number of likely N-dealkylation sites (N-methyl/N-ethyl adjacent to an activating group) is 1. The van der Waals surface area contributed by atoms with Gasteiger partial charge in [0.2, 0.25) is 0 Å². The predicted octanol–water partition coefficient (Wildman–Crippen LogP) is 4.01. The van der Waals surface area contributed by atoms with E-state index in [0.717, 1.165) is 43.9 Å². The molecule has 1 heterocycles. The summed E-state index contributed by atoms with van der Waals surface area (Å²) in [4.78, 5) is 16.9. The molecule has 3 rings (SSSR count). The highest BCUT2D eigenvalue weighted by Crippen LogP contribution is 2.26. The Bertz CT molecular complexity index is 759. The molecule has 1 fully saturated rings. The Morgan fingerprint density at radius 3 is 2.54 bits per heavy atom. The maximum atomic E-state index is 12.1. The Kier molecular flexibility index (Phi) is 6.14. The van der Waals surface area contributed by atoms with Crippen LogP contribution in [0.1, 0.15) is 11.1 Å². The van der Waals surface area contributed by atoms with Crippen molar-refractivity contribution in [1.82, 2.24) is 9.80 Å². The zero-order valence-corrected chi connectivity index (χ0v) is 15.9. The molecule has 1 aliphatic rings. The minimum absolute atomic E-state index is 0.501. The van der Waals surface area contributed by atoms with Gasteiger partial charge in [-0.15, -0.1) is 0 Å². The molecule has 2 aromatic carbocycles. The lowest BCUT2D eigenvalue weighted by Crippen LogP contribution is -2.44. The second-order valence-electron chi connectivity index (χ2n) is 6.65. The normalized spacial score (nSPS) is 15.7. The quantitative estimate of drug-likeness (QED) is 0.879. The third-order valence-electron chi connectivity index (χ3n) is 4.64. The summed E-state index contributed by atoms with van der Waals surface area (Å²) in [6.45, 7) is 7.02. The fourth-order valence-corrected chi connectivity index (χ4v) is 3.20. The molecule has 1 aliphatic heterocycles. The fraction of sp³-hybridized carbons (Fsp3) is 0.350. The van der Waals surface area contributed by atoms with Gasteiger partial charge >= 0.3 is 6.09 Å². The third-order valence-corrected chi connectivity index (χ3v) is 5.03. The number of anilines is 1. The standard InChI is InChI=1S/C20H24ClN3O2/c1-15-16(14-24-10-8-23(2)9-11-24)12-17(13-19(15)21)22-20(25)26-18-6-4-3-5-7-18/h3-7,12-13H,8-11,14H2,1-2H3,(H,22,25). The molecule has 0 atom stereocenters. The summed E-state index contributed by atoms with van der Waals surface area (Å²) in [5.41, 5.74) is 2.82. The molecule has 1 saturated heterocycles. The summed E-state index contributed by atoms with van der Waals surface area (Å²) < 4.78 is 5.28. The first-order valence-corrected chi connectivity index (χ1v) is 9.13. The number of nitrogens with zero attached hydrogens (tertiary/aromatic N) is 2. The number of nitrogens with one attached hydrogen (secondary N) is 1. The van der Waals surface area contributed by atoms with Gasteiger partial charge in [-0.25, -0.2) is 4.79 Å². The van der Waals surface area contributed by atoms with Gasteiger partial charge in [0.15, 0.2) is 0 Å². The molecular weight excluding hydrogens is 350 g/mol. The summed E-state index contributed by atoms with van der Waals surface area (Å²) in [6, 6.07) is 12.7. The number of benzene rings is 2. The van der Waals surface area contributed by atoms with Gasteiger partial charge in [-0.2, -0.15) is 0 Å². The lowest BCUT2D eigenvalue weighted by atomic mass is 10.1. The van der Waals surface area contributed by atoms with E-state index in [4.69, 9.17) is 16.3 Å². The zero-order valence-electron chi connectivity index (χ0n) is 15.2. The van der Waals surface area contributed by atoms with E-state index in [9.17, 15) is 4.79 Å². The molecule has 0 unspecified atom stereocenters. The van der Waals surface area contributed by atoms with Crippen LogP contribution in [0.3, 0.4) is 0 Å². The summed E-state index contributed by atoms with van der Waals surface area (Å²) in [7, 11) is 2.14. The number of hydrogen-bond donors (Lipinski definition) is 1. The largest absolute Gasteiger partial charge is 0.417 e. The summed E-state index contributed by atoms with van der Waals surface area (Å²) >= 11 is 6.38. The second kappa shape index (κ2) is 8.54. The average molecular weight is 374 g/mol. The van der Waals surface area contributed by atoms with Gasteiger partial charge in [0, 0.05) is 43.4 Å². The summed E-state index contributed by atoms with van der Waals surface area (Å²) in [6.07, 6.45) is -0.526. The number of carbonyl (C=O) groups is 1. The monoisotopic (exact) mass is 373 g/mol. The smallest absolute Gasteiger partial charge is 0.410 e. The minimum Gasteiger partial charge on any atom is -0.410 e. The molecule has 138 valence electrons. The molecule has 0 spiro atoms. The van der Waals surface area contributed by atoms with Gasteiger partial charge in [-0.05, 0) is 49.4 Å². The molecule has 0 radical (unpaired) electrons. The number of para-hydroxylation sites is 1. The van der Waals surface area contributed by atoms with E-state index in [-0.39, 0.29) is 0 Å². The van der Waals surface area contributed by atoms with Crippen molar-refractivity contribution >= 4 is 23.4 Å². The molecular formula is C20H24ClN3O2. The third kappa shape index (κ3) is 4.97. The predicted molar refractivity (Wildman–Crippen MR) is 105 cm³/mol. The lowest BCUT2D eigenvalue weighted by Gasteiger charge is -2.32. The Hall–Kier alpha value is -2.08. The second-order valence-corrected chi connectivity index (χ2v) is 7.06. The molecule has 0 aliphatic carbocycles. The number of ether oxygens (including phenoxy) is 1. The van der Waals surface area contributed by atoms with Crippen LogP contribution in [0.4, 0.5) is 10.5 Å². The number of carbonyl (C=O) groups excluding carboxylic acids is 1. The number of rotatable bonds is 4. The van der Waals surface area contributed by atoms with Crippen molar-refractivity contribution in [1.29, 1.82) is 0 Å². The van der Waals surface area contributed by atoms with Crippen LogP contribution < -0.4 is 10.1 Å². The molecule has 26 heavy (non-hydrogen) atoms. The van der Waals surface area contributed by atoms with E-state index in [1.165, 1.54) is 0 Å². The Morgan fingerprint density at radius 1 is 1.15 bits per heavy atom. The highest BCUT2D eigenvalue weighted by atomic mass is 35.5. The first kappa shape index (κ1) is 18.7. The Morgan fingerprint density at radius 2 is 1.85 bits per heavy atom. The Labute approximate surface area is 159 Å². The average Bonchev–Trinajstić information content (AvgIpc) is 2.62. The summed E-state index contributed by atoms with van der Waals surface area (Å²) in [5, 5.41) is 3.42.